The minimum atomic E-state index is -2.74. The smallest absolute Gasteiger partial charge is 1.00 e. The predicted molar refractivity (Wildman–Crippen MR) is 42.1 cm³/mol. The van der Waals surface area contributed by atoms with Gasteiger partial charge in [-0.25, -0.2) is 0 Å². The first-order chi connectivity index (χ1) is 5.07. The molecule has 4 nitrogen and oxygen atoms in total. The maximum atomic E-state index is 11.1. The number of halogens is 1. The van der Waals surface area contributed by atoms with E-state index in [1.165, 1.54) is 0 Å². The number of sulfone groups is 1. The molecule has 0 aromatic rings. The summed E-state index contributed by atoms with van der Waals surface area (Å²) in [6.07, 6.45) is 0. The molecule has 2 atom stereocenters. The van der Waals surface area contributed by atoms with Crippen molar-refractivity contribution in [2.75, 3.05) is 11.5 Å². The van der Waals surface area contributed by atoms with Crippen molar-refractivity contribution in [3.8, 4) is 0 Å². The van der Waals surface area contributed by atoms with Gasteiger partial charge >= 0.3 is 71.0 Å². The number of nitrogens with two attached hydrogens (primary N) is 1. The molecule has 2 heterocycles. The van der Waals surface area contributed by atoms with Crippen LogP contribution in [0.5, 0.6) is 0 Å². The van der Waals surface area contributed by atoms with Crippen molar-refractivity contribution in [2.24, 2.45) is 5.73 Å². The van der Waals surface area contributed by atoms with Gasteiger partial charge in [0.2, 0.25) is 0 Å². The van der Waals surface area contributed by atoms with Gasteiger partial charge in [0, 0.05) is 0 Å². The molecular weight excluding hydrogens is 311 g/mol. The van der Waals surface area contributed by atoms with Crippen molar-refractivity contribution in [1.82, 2.24) is 0 Å². The van der Waals surface area contributed by atoms with E-state index in [2.05, 4.69) is 4.99 Å². The van der Waals surface area contributed by atoms with Crippen molar-refractivity contribution in [2.45, 2.75) is 10.9 Å². The van der Waals surface area contributed by atoms with Gasteiger partial charge in [-0.1, -0.05) is 0 Å². The first kappa shape index (κ1) is 10.5. The Balaban J connectivity index is 0.000000720. The molecule has 12 heavy (non-hydrogen) atoms. The van der Waals surface area contributed by atoms with E-state index in [1.54, 1.807) is 0 Å². The molecule has 0 spiro atoms. The monoisotopic (exact) mass is 320 g/mol. The van der Waals surface area contributed by atoms with Crippen molar-refractivity contribution in [3.63, 3.8) is 0 Å². The Morgan fingerprint density at radius 2 is 2.17 bits per heavy atom. The van der Waals surface area contributed by atoms with Crippen LogP contribution in [0.3, 0.4) is 0 Å². The van der Waals surface area contributed by atoms with Gasteiger partial charge in [0.1, 0.15) is 0 Å². The van der Waals surface area contributed by atoms with Crippen molar-refractivity contribution in [3.05, 3.63) is 0 Å². The zero-order chi connectivity index (χ0) is 8.06. The Hall–Kier alpha value is 0.419. The molecule has 0 bridgehead atoms. The van der Waals surface area contributed by atoms with Crippen LogP contribution in [0.4, 0.5) is 0 Å². The van der Waals surface area contributed by atoms with E-state index in [0.29, 0.717) is 10.6 Å². The Kier molecular flexibility index (Phi) is 2.88. The van der Waals surface area contributed by atoms with Gasteiger partial charge < -0.3 is 17.0 Å². The number of nitrogens with one attached hydrogen (secondary N) is 1. The molecular formula is C5H9BrN2O2SSe. The minimum absolute atomic E-state index is 0. The number of amidine groups is 1. The van der Waals surface area contributed by atoms with Gasteiger partial charge in [-0.3, -0.25) is 0 Å². The predicted octanol–water partition coefficient (Wildman–Crippen LogP) is -6.31. The quantitative estimate of drug-likeness (QED) is 0.436. The van der Waals surface area contributed by atoms with Crippen LogP contribution < -0.4 is 27.7 Å². The Morgan fingerprint density at radius 3 is 2.75 bits per heavy atom. The standard InChI is InChI=1S/C5H8N2O2SSe.BrH/c6-5-7-3-1-10(8,9)2-4(3)11-5;/h3-4H,1-2H2,(H2,6,7);1H. The molecule has 2 rings (SSSR count). The molecule has 1 saturated heterocycles. The molecule has 0 radical (unpaired) electrons. The Bertz CT molecular complexity index is 315. The second kappa shape index (κ2) is 3.29. The molecule has 0 aromatic carbocycles. The van der Waals surface area contributed by atoms with Crippen LogP contribution in [0, 0.1) is 0 Å². The molecule has 7 heteroatoms. The molecule has 1 fully saturated rings. The van der Waals surface area contributed by atoms with Crippen LogP contribution in [0.2, 0.25) is 4.82 Å². The van der Waals surface area contributed by atoms with E-state index in [9.17, 15) is 8.42 Å². The molecule has 0 amide bonds. The largest absolute Gasteiger partial charge is 1.00 e. The number of hydrogen-bond acceptors (Lipinski definition) is 3. The summed E-state index contributed by atoms with van der Waals surface area (Å²) in [5, 5.41) is 0. The summed E-state index contributed by atoms with van der Waals surface area (Å²) in [5.41, 5.74) is 5.55. The third kappa shape index (κ3) is 1.84. The summed E-state index contributed by atoms with van der Waals surface area (Å²) in [6, 6.07) is 0.125. The molecule has 2 unspecified atom stereocenters. The zero-order valence-electron chi connectivity index (χ0n) is 6.16. The van der Waals surface area contributed by atoms with Crippen LogP contribution in [0.25, 0.3) is 0 Å². The maximum absolute atomic E-state index is 11.1. The normalized spacial score (nSPS) is 36.8. The van der Waals surface area contributed by atoms with Gasteiger partial charge in [0.05, 0.1) is 0 Å². The maximum Gasteiger partial charge on any atom is -1.00 e. The first-order valence-corrected chi connectivity index (χ1v) is 6.99. The van der Waals surface area contributed by atoms with E-state index in [1.807, 2.05) is 0 Å². The van der Waals surface area contributed by atoms with Crippen LogP contribution in [-0.2, 0) is 9.84 Å². The average Bonchev–Trinajstić information content (AvgIpc) is 2.17. The molecule has 3 N–H and O–H groups in total. The summed E-state index contributed by atoms with van der Waals surface area (Å²) in [4.78, 5) is 3.31. The fraction of sp³-hybridized carbons (Fsp3) is 0.800. The number of hydrogen-bond donors (Lipinski definition) is 2. The summed E-state index contributed by atoms with van der Waals surface area (Å²) in [5.74, 6) is 0.617. The molecule has 0 aromatic heterocycles. The molecule has 2 aliphatic rings. The summed E-state index contributed by atoms with van der Waals surface area (Å²) >= 11 is 0.189. The molecule has 0 aliphatic carbocycles. The minimum Gasteiger partial charge on any atom is -1.00 e. The third-order valence-corrected chi connectivity index (χ3v) is 6.57. The fourth-order valence-corrected chi connectivity index (χ4v) is 7.09. The average molecular weight is 320 g/mol. The van der Waals surface area contributed by atoms with Crippen LogP contribution in [0.15, 0.2) is 0 Å². The van der Waals surface area contributed by atoms with Crippen LogP contribution in [-0.4, -0.2) is 45.7 Å². The SMILES string of the molecule is NC1=[NH+]C2CS(=O)(=O)CC2[Se]1.[Br-]. The molecule has 2 aliphatic heterocycles. The first-order valence-electron chi connectivity index (χ1n) is 3.33. The molecule has 70 valence electrons. The van der Waals surface area contributed by atoms with Gasteiger partial charge in [-0.15, -0.1) is 0 Å². The summed E-state index contributed by atoms with van der Waals surface area (Å²) in [6.45, 7) is 0. The number of fused-ring (bicyclic) bond motifs is 1. The molecule has 0 saturated carbocycles. The van der Waals surface area contributed by atoms with E-state index >= 15 is 0 Å². The van der Waals surface area contributed by atoms with E-state index < -0.39 is 9.84 Å². The second-order valence-corrected chi connectivity index (χ2v) is 7.69. The third-order valence-electron chi connectivity index (χ3n) is 1.91. The zero-order valence-corrected chi connectivity index (χ0v) is 10.3. The topological polar surface area (TPSA) is 74.1 Å². The van der Waals surface area contributed by atoms with Crippen LogP contribution in [0.1, 0.15) is 0 Å². The Morgan fingerprint density at radius 1 is 1.50 bits per heavy atom. The van der Waals surface area contributed by atoms with E-state index in [4.69, 9.17) is 5.73 Å². The number of rotatable bonds is 0. The fourth-order valence-electron chi connectivity index (χ4n) is 1.45. The summed E-state index contributed by atoms with van der Waals surface area (Å²) < 4.78 is 22.9. The van der Waals surface area contributed by atoms with Gasteiger partial charge in [0.25, 0.3) is 0 Å². The van der Waals surface area contributed by atoms with E-state index in [0.717, 1.165) is 4.73 Å². The van der Waals surface area contributed by atoms with Crippen molar-refractivity contribution < 1.29 is 30.4 Å². The van der Waals surface area contributed by atoms with Crippen molar-refractivity contribution >= 4 is 29.5 Å². The Labute approximate surface area is 87.8 Å². The van der Waals surface area contributed by atoms with Gasteiger partial charge in [0.15, 0.2) is 0 Å². The van der Waals surface area contributed by atoms with Gasteiger partial charge in [-0.2, -0.15) is 0 Å². The van der Waals surface area contributed by atoms with Crippen molar-refractivity contribution in [1.29, 1.82) is 0 Å². The van der Waals surface area contributed by atoms with Gasteiger partial charge in [-0.05, 0) is 0 Å². The van der Waals surface area contributed by atoms with E-state index in [-0.39, 0.29) is 43.7 Å². The second-order valence-electron chi connectivity index (χ2n) is 2.85. The van der Waals surface area contributed by atoms with Crippen LogP contribution >= 0.6 is 0 Å². The summed E-state index contributed by atoms with van der Waals surface area (Å²) in [7, 11) is -2.74.